The van der Waals surface area contributed by atoms with Gasteiger partial charge in [-0.25, -0.2) is 0 Å². The third-order valence-corrected chi connectivity index (χ3v) is 2.93. The van der Waals surface area contributed by atoms with Crippen LogP contribution in [0.1, 0.15) is 18.4 Å². The van der Waals surface area contributed by atoms with E-state index in [9.17, 15) is 23.3 Å². The summed E-state index contributed by atoms with van der Waals surface area (Å²) in [6, 6.07) is 2.25. The van der Waals surface area contributed by atoms with Crippen LogP contribution >= 0.6 is 0 Å². The number of ether oxygens (including phenoxy) is 2. The second kappa shape index (κ2) is 5.66. The number of alkyl halides is 3. The molecule has 1 aliphatic rings. The monoisotopic (exact) mass is 291 g/mol. The number of hydrogen-bond acceptors (Lipinski definition) is 4. The van der Waals surface area contributed by atoms with E-state index < -0.39 is 28.1 Å². The first-order valence-corrected chi connectivity index (χ1v) is 5.98. The number of nitro benzene ring substituents is 1. The summed E-state index contributed by atoms with van der Waals surface area (Å²) in [5.41, 5.74) is -1.47. The maximum Gasteiger partial charge on any atom is 0.419 e. The molecule has 1 heterocycles. The molecule has 1 unspecified atom stereocenters. The molecule has 0 bridgehead atoms. The quantitative estimate of drug-likeness (QED) is 0.631. The average molecular weight is 291 g/mol. The fourth-order valence-electron chi connectivity index (χ4n) is 1.94. The first-order chi connectivity index (χ1) is 9.38. The van der Waals surface area contributed by atoms with Crippen LogP contribution in [0.3, 0.4) is 0 Å². The second-order valence-corrected chi connectivity index (χ2v) is 4.38. The number of hydrogen-bond donors (Lipinski definition) is 0. The smallest absolute Gasteiger partial charge is 0.419 e. The van der Waals surface area contributed by atoms with Gasteiger partial charge in [0.2, 0.25) is 0 Å². The fourth-order valence-corrected chi connectivity index (χ4v) is 1.94. The Hall–Kier alpha value is -1.83. The van der Waals surface area contributed by atoms with Gasteiger partial charge in [0.15, 0.2) is 0 Å². The lowest BCUT2D eigenvalue weighted by atomic mass is 10.1. The summed E-state index contributed by atoms with van der Waals surface area (Å²) < 4.78 is 48.7. The molecule has 20 heavy (non-hydrogen) atoms. The first-order valence-electron chi connectivity index (χ1n) is 5.98. The highest BCUT2D eigenvalue weighted by Crippen LogP contribution is 2.38. The summed E-state index contributed by atoms with van der Waals surface area (Å²) in [5, 5.41) is 10.6. The van der Waals surface area contributed by atoms with Crippen LogP contribution in [0, 0.1) is 10.1 Å². The van der Waals surface area contributed by atoms with Gasteiger partial charge in [-0.15, -0.1) is 0 Å². The van der Waals surface area contributed by atoms with Crippen molar-refractivity contribution in [2.45, 2.75) is 25.1 Å². The summed E-state index contributed by atoms with van der Waals surface area (Å²) in [5.74, 6) is -0.540. The topological polar surface area (TPSA) is 61.6 Å². The highest BCUT2D eigenvalue weighted by molar-refractivity contribution is 5.45. The van der Waals surface area contributed by atoms with Gasteiger partial charge in [0, 0.05) is 12.7 Å². The zero-order chi connectivity index (χ0) is 14.8. The van der Waals surface area contributed by atoms with Gasteiger partial charge in [0.1, 0.15) is 12.4 Å². The Labute approximate surface area is 112 Å². The standard InChI is InChI=1S/C12H12F3NO4/c13-12(14,15)10-4-3-8(16(17)18)6-11(10)20-7-9-2-1-5-19-9/h3-4,6,9H,1-2,5,7H2. The Balaban J connectivity index is 2.21. The predicted octanol–water partition coefficient (Wildman–Crippen LogP) is 3.17. The molecule has 1 saturated heterocycles. The van der Waals surface area contributed by atoms with E-state index in [0.29, 0.717) is 19.1 Å². The highest BCUT2D eigenvalue weighted by Gasteiger charge is 2.35. The van der Waals surface area contributed by atoms with Crippen molar-refractivity contribution >= 4 is 5.69 Å². The third kappa shape index (κ3) is 3.38. The zero-order valence-corrected chi connectivity index (χ0v) is 10.4. The fraction of sp³-hybridized carbons (Fsp3) is 0.500. The molecule has 0 radical (unpaired) electrons. The van der Waals surface area contributed by atoms with Gasteiger partial charge in [0.05, 0.1) is 22.7 Å². The number of nitrogens with zero attached hydrogens (tertiary/aromatic N) is 1. The van der Waals surface area contributed by atoms with Crippen molar-refractivity contribution in [3.63, 3.8) is 0 Å². The van der Waals surface area contributed by atoms with Crippen molar-refractivity contribution < 1.29 is 27.6 Å². The van der Waals surface area contributed by atoms with E-state index >= 15 is 0 Å². The van der Waals surface area contributed by atoms with E-state index in [0.717, 1.165) is 18.6 Å². The van der Waals surface area contributed by atoms with Gasteiger partial charge < -0.3 is 9.47 Å². The van der Waals surface area contributed by atoms with E-state index in [1.807, 2.05) is 0 Å². The number of non-ortho nitro benzene ring substituents is 1. The van der Waals surface area contributed by atoms with Gasteiger partial charge in [0.25, 0.3) is 5.69 Å². The zero-order valence-electron chi connectivity index (χ0n) is 10.4. The molecule has 0 spiro atoms. The molecular formula is C12H12F3NO4. The molecule has 0 amide bonds. The van der Waals surface area contributed by atoms with Crippen LogP contribution < -0.4 is 4.74 Å². The van der Waals surface area contributed by atoms with Gasteiger partial charge >= 0.3 is 6.18 Å². The maximum atomic E-state index is 12.8. The van der Waals surface area contributed by atoms with Crippen molar-refractivity contribution in [1.29, 1.82) is 0 Å². The normalized spacial score (nSPS) is 19.1. The van der Waals surface area contributed by atoms with Crippen LogP contribution in [0.25, 0.3) is 0 Å². The number of rotatable bonds is 4. The van der Waals surface area contributed by atoms with Crippen molar-refractivity contribution in [3.05, 3.63) is 33.9 Å². The summed E-state index contributed by atoms with van der Waals surface area (Å²) in [6.45, 7) is 0.499. The minimum absolute atomic E-state index is 0.0513. The molecule has 0 N–H and O–H groups in total. The summed E-state index contributed by atoms with van der Waals surface area (Å²) in [6.07, 6.45) is -3.36. The van der Waals surface area contributed by atoms with E-state index in [-0.39, 0.29) is 12.7 Å². The molecule has 1 aromatic carbocycles. The van der Waals surface area contributed by atoms with E-state index in [1.54, 1.807) is 0 Å². The number of nitro groups is 1. The lowest BCUT2D eigenvalue weighted by Gasteiger charge is -2.16. The van der Waals surface area contributed by atoms with E-state index in [4.69, 9.17) is 9.47 Å². The Morgan fingerprint density at radius 3 is 2.75 bits per heavy atom. The van der Waals surface area contributed by atoms with Gasteiger partial charge in [-0.05, 0) is 18.9 Å². The Morgan fingerprint density at radius 1 is 1.45 bits per heavy atom. The number of halogens is 3. The Bertz CT molecular complexity index is 498. The molecule has 5 nitrogen and oxygen atoms in total. The minimum atomic E-state index is -4.62. The van der Waals surface area contributed by atoms with Crippen LogP contribution in [-0.2, 0) is 10.9 Å². The van der Waals surface area contributed by atoms with Crippen LogP contribution in [-0.4, -0.2) is 24.2 Å². The summed E-state index contributed by atoms with van der Waals surface area (Å²) in [4.78, 5) is 9.85. The molecule has 0 saturated carbocycles. The summed E-state index contributed by atoms with van der Waals surface area (Å²) >= 11 is 0. The Kier molecular flexibility index (Phi) is 4.12. The molecule has 1 aliphatic heterocycles. The van der Waals surface area contributed by atoms with Crippen LogP contribution in [0.5, 0.6) is 5.75 Å². The van der Waals surface area contributed by atoms with Gasteiger partial charge in [-0.1, -0.05) is 0 Å². The highest BCUT2D eigenvalue weighted by atomic mass is 19.4. The van der Waals surface area contributed by atoms with Gasteiger partial charge in [-0.3, -0.25) is 10.1 Å². The number of benzene rings is 1. The largest absolute Gasteiger partial charge is 0.490 e. The molecule has 1 aromatic rings. The van der Waals surface area contributed by atoms with E-state index in [2.05, 4.69) is 0 Å². The summed E-state index contributed by atoms with van der Waals surface area (Å²) in [7, 11) is 0. The molecule has 1 atom stereocenters. The van der Waals surface area contributed by atoms with E-state index in [1.165, 1.54) is 0 Å². The van der Waals surface area contributed by atoms with Crippen molar-refractivity contribution in [1.82, 2.24) is 0 Å². The molecule has 110 valence electrons. The second-order valence-electron chi connectivity index (χ2n) is 4.38. The predicted molar refractivity (Wildman–Crippen MR) is 62.6 cm³/mol. The average Bonchev–Trinajstić information content (AvgIpc) is 2.87. The van der Waals surface area contributed by atoms with Crippen LogP contribution in [0.15, 0.2) is 18.2 Å². The lowest BCUT2D eigenvalue weighted by molar-refractivity contribution is -0.385. The van der Waals surface area contributed by atoms with Crippen molar-refractivity contribution in [2.24, 2.45) is 0 Å². The van der Waals surface area contributed by atoms with Crippen molar-refractivity contribution in [3.8, 4) is 5.75 Å². The van der Waals surface area contributed by atoms with Crippen molar-refractivity contribution in [2.75, 3.05) is 13.2 Å². The lowest BCUT2D eigenvalue weighted by Crippen LogP contribution is -2.18. The first kappa shape index (κ1) is 14.6. The molecule has 0 aromatic heterocycles. The Morgan fingerprint density at radius 2 is 2.20 bits per heavy atom. The molecule has 1 fully saturated rings. The third-order valence-electron chi connectivity index (χ3n) is 2.93. The molecular weight excluding hydrogens is 279 g/mol. The molecule has 8 heteroatoms. The molecule has 0 aliphatic carbocycles. The van der Waals surface area contributed by atoms with Gasteiger partial charge in [-0.2, -0.15) is 13.2 Å². The molecule has 2 rings (SSSR count). The van der Waals surface area contributed by atoms with Crippen LogP contribution in [0.4, 0.5) is 18.9 Å². The van der Waals surface area contributed by atoms with Crippen LogP contribution in [0.2, 0.25) is 0 Å². The maximum absolute atomic E-state index is 12.8. The SMILES string of the molecule is O=[N+]([O-])c1ccc(C(F)(F)F)c(OCC2CCCO2)c1. The minimum Gasteiger partial charge on any atom is -0.490 e.